The van der Waals surface area contributed by atoms with Gasteiger partial charge in [0.1, 0.15) is 18.0 Å². The minimum atomic E-state index is 0.919. The SMILES string of the molecule is CCc1c(NC)ncnc1N(C)CCc1ccccc1. The number of aromatic nitrogens is 2. The fourth-order valence-electron chi connectivity index (χ4n) is 2.32. The van der Waals surface area contributed by atoms with Crippen LogP contribution in [0.5, 0.6) is 0 Å². The predicted molar refractivity (Wildman–Crippen MR) is 84.4 cm³/mol. The Morgan fingerprint density at radius 2 is 1.90 bits per heavy atom. The third-order valence-corrected chi connectivity index (χ3v) is 3.45. The number of hydrogen-bond acceptors (Lipinski definition) is 4. The summed E-state index contributed by atoms with van der Waals surface area (Å²) in [6.07, 6.45) is 3.56. The maximum Gasteiger partial charge on any atom is 0.137 e. The average molecular weight is 270 g/mol. The van der Waals surface area contributed by atoms with Crippen LogP contribution < -0.4 is 10.2 Å². The summed E-state index contributed by atoms with van der Waals surface area (Å²) in [6, 6.07) is 10.5. The molecule has 0 bridgehead atoms. The average Bonchev–Trinajstić information content (AvgIpc) is 2.52. The first-order valence-electron chi connectivity index (χ1n) is 7.03. The van der Waals surface area contributed by atoms with Gasteiger partial charge in [-0.2, -0.15) is 0 Å². The molecule has 1 heterocycles. The van der Waals surface area contributed by atoms with Crippen molar-refractivity contribution in [1.82, 2.24) is 9.97 Å². The summed E-state index contributed by atoms with van der Waals surface area (Å²) in [5.41, 5.74) is 2.52. The van der Waals surface area contributed by atoms with E-state index in [0.29, 0.717) is 0 Å². The Bertz CT molecular complexity index is 539. The van der Waals surface area contributed by atoms with E-state index in [1.165, 1.54) is 11.1 Å². The molecule has 0 unspecified atom stereocenters. The van der Waals surface area contributed by atoms with Crippen LogP contribution in [0.15, 0.2) is 36.7 Å². The zero-order valence-electron chi connectivity index (χ0n) is 12.4. The molecule has 4 heteroatoms. The van der Waals surface area contributed by atoms with Gasteiger partial charge in [0, 0.05) is 26.2 Å². The number of hydrogen-bond donors (Lipinski definition) is 1. The largest absolute Gasteiger partial charge is 0.373 e. The molecule has 0 aliphatic heterocycles. The fraction of sp³-hybridized carbons (Fsp3) is 0.375. The summed E-state index contributed by atoms with van der Waals surface area (Å²) in [6.45, 7) is 3.07. The van der Waals surface area contributed by atoms with Gasteiger partial charge in [0.15, 0.2) is 0 Å². The highest BCUT2D eigenvalue weighted by atomic mass is 15.2. The first-order chi connectivity index (χ1) is 9.76. The lowest BCUT2D eigenvalue weighted by atomic mass is 10.1. The number of rotatable bonds is 6. The molecule has 1 aromatic carbocycles. The Balaban J connectivity index is 2.11. The van der Waals surface area contributed by atoms with Gasteiger partial charge in [0.25, 0.3) is 0 Å². The van der Waals surface area contributed by atoms with Crippen molar-refractivity contribution in [3.63, 3.8) is 0 Å². The van der Waals surface area contributed by atoms with Gasteiger partial charge in [0.05, 0.1) is 0 Å². The lowest BCUT2D eigenvalue weighted by molar-refractivity contribution is 0.843. The smallest absolute Gasteiger partial charge is 0.137 e. The van der Waals surface area contributed by atoms with Crippen molar-refractivity contribution >= 4 is 11.6 Å². The maximum atomic E-state index is 4.45. The lowest BCUT2D eigenvalue weighted by Crippen LogP contribution is -2.23. The number of nitrogens with zero attached hydrogens (tertiary/aromatic N) is 3. The van der Waals surface area contributed by atoms with Gasteiger partial charge in [-0.25, -0.2) is 9.97 Å². The molecule has 0 spiro atoms. The van der Waals surface area contributed by atoms with Gasteiger partial charge in [-0.1, -0.05) is 37.3 Å². The molecule has 2 rings (SSSR count). The normalized spacial score (nSPS) is 10.3. The van der Waals surface area contributed by atoms with Gasteiger partial charge < -0.3 is 10.2 Å². The molecule has 1 aromatic heterocycles. The molecule has 0 aliphatic carbocycles. The maximum absolute atomic E-state index is 4.45. The molecule has 0 saturated heterocycles. The Labute approximate surface area is 120 Å². The van der Waals surface area contributed by atoms with Crippen LogP contribution in [-0.4, -0.2) is 30.6 Å². The Morgan fingerprint density at radius 1 is 1.15 bits per heavy atom. The van der Waals surface area contributed by atoms with Crippen LogP contribution >= 0.6 is 0 Å². The number of benzene rings is 1. The van der Waals surface area contributed by atoms with E-state index < -0.39 is 0 Å². The Hall–Kier alpha value is -2.10. The molecule has 106 valence electrons. The number of nitrogens with one attached hydrogen (secondary N) is 1. The highest BCUT2D eigenvalue weighted by Gasteiger charge is 2.12. The second kappa shape index (κ2) is 6.89. The van der Waals surface area contributed by atoms with Gasteiger partial charge in [-0.15, -0.1) is 0 Å². The fourth-order valence-corrected chi connectivity index (χ4v) is 2.32. The van der Waals surface area contributed by atoms with Crippen LogP contribution in [0, 0.1) is 0 Å². The second-order valence-electron chi connectivity index (χ2n) is 4.79. The summed E-state index contributed by atoms with van der Waals surface area (Å²) in [5, 5.41) is 3.14. The van der Waals surface area contributed by atoms with Crippen molar-refractivity contribution in [1.29, 1.82) is 0 Å². The van der Waals surface area contributed by atoms with Crippen LogP contribution in [0.4, 0.5) is 11.6 Å². The molecule has 4 nitrogen and oxygen atoms in total. The number of likely N-dealkylation sites (N-methyl/N-ethyl adjacent to an activating group) is 1. The van der Waals surface area contributed by atoms with Gasteiger partial charge in [0.2, 0.25) is 0 Å². The van der Waals surface area contributed by atoms with Crippen LogP contribution in [0.3, 0.4) is 0 Å². The van der Waals surface area contributed by atoms with Crippen LogP contribution in [0.1, 0.15) is 18.1 Å². The zero-order valence-corrected chi connectivity index (χ0v) is 12.4. The molecule has 0 aliphatic rings. The van der Waals surface area contributed by atoms with Crippen molar-refractivity contribution in [2.24, 2.45) is 0 Å². The van der Waals surface area contributed by atoms with E-state index in [1.807, 2.05) is 13.1 Å². The summed E-state index contributed by atoms with van der Waals surface area (Å²) >= 11 is 0. The molecule has 0 fully saturated rings. The first kappa shape index (κ1) is 14.3. The predicted octanol–water partition coefficient (Wildman–Crippen LogP) is 2.76. The molecule has 0 saturated carbocycles. The minimum absolute atomic E-state index is 0.919. The molecular weight excluding hydrogens is 248 g/mol. The molecule has 0 atom stereocenters. The van der Waals surface area contributed by atoms with E-state index in [4.69, 9.17) is 0 Å². The summed E-state index contributed by atoms with van der Waals surface area (Å²) in [7, 11) is 3.99. The van der Waals surface area contributed by atoms with Crippen LogP contribution in [-0.2, 0) is 12.8 Å². The third-order valence-electron chi connectivity index (χ3n) is 3.45. The monoisotopic (exact) mass is 270 g/mol. The minimum Gasteiger partial charge on any atom is -0.373 e. The molecule has 1 N–H and O–H groups in total. The van der Waals surface area contributed by atoms with E-state index in [2.05, 4.69) is 58.4 Å². The van der Waals surface area contributed by atoms with Crippen molar-refractivity contribution in [2.45, 2.75) is 19.8 Å². The highest BCUT2D eigenvalue weighted by Crippen LogP contribution is 2.22. The molecule has 0 amide bonds. The van der Waals surface area contributed by atoms with Crippen molar-refractivity contribution < 1.29 is 0 Å². The van der Waals surface area contributed by atoms with Crippen molar-refractivity contribution in [3.8, 4) is 0 Å². The van der Waals surface area contributed by atoms with Crippen molar-refractivity contribution in [3.05, 3.63) is 47.8 Å². The summed E-state index contributed by atoms with van der Waals surface area (Å²) in [4.78, 5) is 10.9. The van der Waals surface area contributed by atoms with Crippen LogP contribution in [0.25, 0.3) is 0 Å². The van der Waals surface area contributed by atoms with E-state index >= 15 is 0 Å². The molecule has 20 heavy (non-hydrogen) atoms. The zero-order chi connectivity index (χ0) is 14.4. The molecule has 0 radical (unpaired) electrons. The Morgan fingerprint density at radius 3 is 2.55 bits per heavy atom. The van der Waals surface area contributed by atoms with Gasteiger partial charge in [-0.05, 0) is 18.4 Å². The van der Waals surface area contributed by atoms with E-state index in [9.17, 15) is 0 Å². The van der Waals surface area contributed by atoms with Crippen LogP contribution in [0.2, 0.25) is 0 Å². The second-order valence-corrected chi connectivity index (χ2v) is 4.79. The highest BCUT2D eigenvalue weighted by molar-refractivity contribution is 5.58. The van der Waals surface area contributed by atoms with E-state index in [0.717, 1.165) is 31.0 Å². The molecule has 2 aromatic rings. The lowest BCUT2D eigenvalue weighted by Gasteiger charge is -2.22. The summed E-state index contributed by atoms with van der Waals surface area (Å²) in [5.74, 6) is 1.94. The number of anilines is 2. The van der Waals surface area contributed by atoms with Crippen molar-refractivity contribution in [2.75, 3.05) is 30.9 Å². The first-order valence-corrected chi connectivity index (χ1v) is 7.03. The van der Waals surface area contributed by atoms with E-state index in [-0.39, 0.29) is 0 Å². The van der Waals surface area contributed by atoms with Gasteiger partial charge in [-0.3, -0.25) is 0 Å². The standard InChI is InChI=1S/C16H22N4/c1-4-14-15(17-2)18-12-19-16(14)20(3)11-10-13-8-6-5-7-9-13/h5-9,12H,4,10-11H2,1-3H3,(H,17,18,19). The Kier molecular flexibility index (Phi) is 4.93. The molecular formula is C16H22N4. The quantitative estimate of drug-likeness (QED) is 0.876. The summed E-state index contributed by atoms with van der Waals surface area (Å²) < 4.78 is 0. The van der Waals surface area contributed by atoms with E-state index in [1.54, 1.807) is 6.33 Å². The third kappa shape index (κ3) is 3.26. The van der Waals surface area contributed by atoms with Gasteiger partial charge >= 0.3 is 0 Å². The topological polar surface area (TPSA) is 41.1 Å².